The van der Waals surface area contributed by atoms with Gasteiger partial charge in [-0.2, -0.15) is 0 Å². The van der Waals surface area contributed by atoms with E-state index in [2.05, 4.69) is 29.4 Å². The van der Waals surface area contributed by atoms with Crippen LogP contribution in [0.1, 0.15) is 63.9 Å². The van der Waals surface area contributed by atoms with Gasteiger partial charge < -0.3 is 15.1 Å². The summed E-state index contributed by atoms with van der Waals surface area (Å²) in [5.41, 5.74) is 0.623. The van der Waals surface area contributed by atoms with Crippen LogP contribution in [0.25, 0.3) is 11.0 Å². The Kier molecular flexibility index (Phi) is 8.07. The van der Waals surface area contributed by atoms with E-state index in [1.165, 1.54) is 0 Å². The van der Waals surface area contributed by atoms with Gasteiger partial charge >= 0.3 is 0 Å². The number of likely N-dealkylation sites (tertiary alicyclic amines) is 1. The fraction of sp³-hybridized carbons (Fsp3) is 0.560. The predicted octanol–water partition coefficient (Wildman–Crippen LogP) is 3.53. The van der Waals surface area contributed by atoms with Crippen LogP contribution in [-0.2, 0) is 9.59 Å². The van der Waals surface area contributed by atoms with E-state index < -0.39 is 18.0 Å². The van der Waals surface area contributed by atoms with Gasteiger partial charge in [0.05, 0.1) is 12.6 Å². The number of para-hydroxylation sites is 1. The van der Waals surface area contributed by atoms with Crippen molar-refractivity contribution in [1.82, 2.24) is 15.5 Å². The molecule has 174 valence electrons. The number of nitrogens with zero attached hydrogens (tertiary/aromatic N) is 1. The lowest BCUT2D eigenvalue weighted by Gasteiger charge is -2.25. The Morgan fingerprint density at radius 3 is 2.66 bits per heavy atom. The number of carbonyl (C=O) groups is 3. The second kappa shape index (κ2) is 10.8. The van der Waals surface area contributed by atoms with Gasteiger partial charge in [-0.25, -0.2) is 0 Å². The van der Waals surface area contributed by atoms with Gasteiger partial charge in [0.2, 0.25) is 5.91 Å². The summed E-state index contributed by atoms with van der Waals surface area (Å²) >= 11 is 0. The Labute approximate surface area is 189 Å². The van der Waals surface area contributed by atoms with Crippen molar-refractivity contribution >= 4 is 28.6 Å². The molecule has 2 amide bonds. The van der Waals surface area contributed by atoms with Gasteiger partial charge in [0.25, 0.3) is 5.91 Å². The highest BCUT2D eigenvalue weighted by molar-refractivity contribution is 5.99. The van der Waals surface area contributed by atoms with Gasteiger partial charge in [-0.3, -0.25) is 19.3 Å². The van der Waals surface area contributed by atoms with Crippen molar-refractivity contribution < 1.29 is 18.8 Å². The van der Waals surface area contributed by atoms with Crippen molar-refractivity contribution in [1.29, 1.82) is 0 Å². The van der Waals surface area contributed by atoms with E-state index >= 15 is 0 Å². The molecule has 0 saturated carbocycles. The van der Waals surface area contributed by atoms with Gasteiger partial charge in [0, 0.05) is 11.4 Å². The monoisotopic (exact) mass is 441 g/mol. The van der Waals surface area contributed by atoms with Crippen LogP contribution in [-0.4, -0.2) is 53.7 Å². The van der Waals surface area contributed by atoms with Gasteiger partial charge in [-0.1, -0.05) is 39.0 Å². The first-order valence-electron chi connectivity index (χ1n) is 11.6. The van der Waals surface area contributed by atoms with Crippen LogP contribution >= 0.6 is 0 Å². The number of fused-ring (bicyclic) bond motifs is 1. The molecule has 1 aromatic heterocycles. The Morgan fingerprint density at radius 2 is 1.97 bits per heavy atom. The molecule has 0 radical (unpaired) electrons. The van der Waals surface area contributed by atoms with E-state index in [1.807, 2.05) is 32.0 Å². The maximum Gasteiger partial charge on any atom is 0.287 e. The van der Waals surface area contributed by atoms with Gasteiger partial charge in [0.15, 0.2) is 11.5 Å². The molecule has 0 aliphatic carbocycles. The molecule has 1 aliphatic heterocycles. The summed E-state index contributed by atoms with van der Waals surface area (Å²) < 4.78 is 5.64. The third kappa shape index (κ3) is 5.97. The molecule has 3 unspecified atom stereocenters. The Bertz CT molecular complexity index is 919. The average Bonchev–Trinajstić information content (AvgIpc) is 3.14. The lowest BCUT2D eigenvalue weighted by Crippen LogP contribution is -2.52. The molecule has 1 aromatic carbocycles. The molecule has 2 heterocycles. The zero-order chi connectivity index (χ0) is 23.3. The molecule has 7 nitrogen and oxygen atoms in total. The van der Waals surface area contributed by atoms with Crippen molar-refractivity contribution in [2.45, 2.75) is 71.5 Å². The van der Waals surface area contributed by atoms with Crippen molar-refractivity contribution in [3.05, 3.63) is 36.1 Å². The second-order valence-corrected chi connectivity index (χ2v) is 9.23. The van der Waals surface area contributed by atoms with Crippen LogP contribution in [0.15, 0.2) is 34.7 Å². The number of nitrogens with one attached hydrogen (secondary N) is 2. The van der Waals surface area contributed by atoms with Crippen LogP contribution in [0.5, 0.6) is 0 Å². The largest absolute Gasteiger partial charge is 0.451 e. The summed E-state index contributed by atoms with van der Waals surface area (Å²) in [5.74, 6) is -0.368. The number of rotatable bonds is 8. The Hall–Kier alpha value is -2.67. The summed E-state index contributed by atoms with van der Waals surface area (Å²) in [5, 5.41) is 6.57. The molecule has 3 rings (SSSR count). The maximum absolute atomic E-state index is 13.1. The quantitative estimate of drug-likeness (QED) is 0.654. The maximum atomic E-state index is 13.1. The molecule has 3 atom stereocenters. The van der Waals surface area contributed by atoms with Crippen molar-refractivity contribution in [3.63, 3.8) is 0 Å². The first-order chi connectivity index (χ1) is 15.3. The van der Waals surface area contributed by atoms with E-state index in [4.69, 9.17) is 4.42 Å². The third-order valence-electron chi connectivity index (χ3n) is 6.05. The zero-order valence-electron chi connectivity index (χ0n) is 19.5. The van der Waals surface area contributed by atoms with E-state index in [-0.39, 0.29) is 23.4 Å². The van der Waals surface area contributed by atoms with E-state index in [1.54, 1.807) is 12.1 Å². The first-order valence-corrected chi connectivity index (χ1v) is 11.6. The number of benzene rings is 1. The van der Waals surface area contributed by atoms with Crippen LogP contribution in [0.4, 0.5) is 0 Å². The topological polar surface area (TPSA) is 91.7 Å². The number of Topliss-reactive ketones (excluding diaryl/α,β-unsaturated/α-hetero) is 1. The highest BCUT2D eigenvalue weighted by atomic mass is 16.3. The minimum absolute atomic E-state index is 0.0306. The molecule has 1 saturated heterocycles. The van der Waals surface area contributed by atoms with Crippen LogP contribution < -0.4 is 10.6 Å². The van der Waals surface area contributed by atoms with Crippen molar-refractivity contribution in [2.75, 3.05) is 13.1 Å². The number of hydrogen-bond acceptors (Lipinski definition) is 5. The molecular formula is C25H35N3O4. The van der Waals surface area contributed by atoms with Gasteiger partial charge in [-0.15, -0.1) is 0 Å². The second-order valence-electron chi connectivity index (χ2n) is 9.23. The number of ketones is 1. The van der Waals surface area contributed by atoms with Crippen LogP contribution in [0.2, 0.25) is 0 Å². The number of amides is 2. The summed E-state index contributed by atoms with van der Waals surface area (Å²) in [7, 11) is 0. The smallest absolute Gasteiger partial charge is 0.287 e. The average molecular weight is 442 g/mol. The normalized spacial score (nSPS) is 20.8. The van der Waals surface area contributed by atoms with E-state index in [9.17, 15) is 14.4 Å². The molecule has 0 bridgehead atoms. The van der Waals surface area contributed by atoms with Crippen LogP contribution in [0, 0.1) is 5.92 Å². The summed E-state index contributed by atoms with van der Waals surface area (Å²) in [6, 6.07) is 8.10. The molecule has 2 aromatic rings. The van der Waals surface area contributed by atoms with Crippen molar-refractivity contribution in [2.24, 2.45) is 5.92 Å². The molecule has 1 aliphatic rings. The SMILES string of the molecule is CCCN1CC(=O)C(NC(=O)C(CC(C)C)NC(=O)c2cc3ccccc3o2)CCC1C. The Balaban J connectivity index is 1.68. The fourth-order valence-electron chi connectivity index (χ4n) is 4.26. The zero-order valence-corrected chi connectivity index (χ0v) is 19.5. The molecule has 1 fully saturated rings. The van der Waals surface area contributed by atoms with Gasteiger partial charge in [-0.05, 0) is 57.2 Å². The minimum Gasteiger partial charge on any atom is -0.451 e. The Morgan fingerprint density at radius 1 is 1.22 bits per heavy atom. The summed E-state index contributed by atoms with van der Waals surface area (Å²) in [6.45, 7) is 9.44. The fourth-order valence-corrected chi connectivity index (χ4v) is 4.26. The lowest BCUT2D eigenvalue weighted by atomic mass is 10.0. The molecule has 0 spiro atoms. The number of hydrogen-bond donors (Lipinski definition) is 2. The minimum atomic E-state index is -0.740. The molecular weight excluding hydrogens is 406 g/mol. The molecule has 2 N–H and O–H groups in total. The highest BCUT2D eigenvalue weighted by Crippen LogP contribution is 2.20. The summed E-state index contributed by atoms with van der Waals surface area (Å²) in [4.78, 5) is 40.9. The predicted molar refractivity (Wildman–Crippen MR) is 124 cm³/mol. The first kappa shape index (κ1) is 24.0. The molecule has 7 heteroatoms. The number of carbonyl (C=O) groups excluding carboxylic acids is 3. The molecule has 32 heavy (non-hydrogen) atoms. The number of furan rings is 1. The van der Waals surface area contributed by atoms with Crippen molar-refractivity contribution in [3.8, 4) is 0 Å². The lowest BCUT2D eigenvalue weighted by molar-refractivity contribution is -0.129. The standard InChI is InChI=1S/C25H35N3O4/c1-5-12-28-15-21(29)19(11-10-17(28)4)26-24(30)20(13-16(2)3)27-25(31)23-14-18-8-6-7-9-22(18)32-23/h6-9,14,16-17,19-20H,5,10-13,15H2,1-4H3,(H,26,30)(H,27,31). The van der Waals surface area contributed by atoms with E-state index in [0.717, 1.165) is 24.8 Å². The van der Waals surface area contributed by atoms with E-state index in [0.29, 0.717) is 31.0 Å². The highest BCUT2D eigenvalue weighted by Gasteiger charge is 2.32. The third-order valence-corrected chi connectivity index (χ3v) is 6.05. The summed E-state index contributed by atoms with van der Waals surface area (Å²) in [6.07, 6.45) is 2.91. The van der Waals surface area contributed by atoms with Crippen LogP contribution in [0.3, 0.4) is 0 Å². The van der Waals surface area contributed by atoms with Gasteiger partial charge in [0.1, 0.15) is 11.6 Å².